The molecule has 0 radical (unpaired) electrons. The average Bonchev–Trinajstić information content (AvgIpc) is 3.34. The van der Waals surface area contributed by atoms with Gasteiger partial charge in [0.25, 0.3) is 0 Å². The predicted molar refractivity (Wildman–Crippen MR) is 120 cm³/mol. The Balaban J connectivity index is 1.59. The fourth-order valence-corrected chi connectivity index (χ4v) is 4.91. The maximum atomic E-state index is 12.2. The zero-order valence-corrected chi connectivity index (χ0v) is 18.8. The minimum Gasteiger partial charge on any atom is -0.486 e. The first-order valence-electron chi connectivity index (χ1n) is 10.6. The molecule has 3 atom stereocenters. The number of aromatic nitrogens is 3. The van der Waals surface area contributed by atoms with E-state index in [1.807, 2.05) is 37.3 Å². The van der Waals surface area contributed by atoms with Crippen molar-refractivity contribution in [2.75, 3.05) is 0 Å². The first-order chi connectivity index (χ1) is 15.0. The van der Waals surface area contributed by atoms with Crippen molar-refractivity contribution in [3.8, 4) is 5.75 Å². The molecule has 162 valence electrons. The molecule has 1 aliphatic rings. The first kappa shape index (κ1) is 21.4. The molecule has 1 fully saturated rings. The third-order valence-corrected chi connectivity index (χ3v) is 6.64. The van der Waals surface area contributed by atoms with Crippen molar-refractivity contribution < 1.29 is 14.3 Å². The van der Waals surface area contributed by atoms with E-state index in [1.54, 1.807) is 0 Å². The van der Waals surface area contributed by atoms with Crippen molar-refractivity contribution in [3.05, 3.63) is 71.5 Å². The zero-order chi connectivity index (χ0) is 21.8. The quantitative estimate of drug-likeness (QED) is 0.471. The Labute approximate surface area is 187 Å². The molecule has 0 N–H and O–H groups in total. The lowest BCUT2D eigenvalue weighted by atomic mass is 10.1. The minimum atomic E-state index is -0.267. The van der Waals surface area contributed by atoms with Crippen LogP contribution in [0.15, 0.2) is 59.8 Å². The van der Waals surface area contributed by atoms with E-state index < -0.39 is 0 Å². The second-order valence-corrected chi connectivity index (χ2v) is 8.90. The van der Waals surface area contributed by atoms with Crippen LogP contribution in [0.5, 0.6) is 5.75 Å². The zero-order valence-electron chi connectivity index (χ0n) is 18.0. The van der Waals surface area contributed by atoms with Gasteiger partial charge in [-0.3, -0.25) is 9.36 Å². The molecular formula is C24H27N3O3S. The first-order valence-corrected chi connectivity index (χ1v) is 11.5. The van der Waals surface area contributed by atoms with Crippen LogP contribution in [0.3, 0.4) is 0 Å². The van der Waals surface area contributed by atoms with Crippen molar-refractivity contribution >= 4 is 17.7 Å². The molecule has 0 aliphatic carbocycles. The number of rotatable bonds is 8. The molecule has 2 heterocycles. The lowest BCUT2D eigenvalue weighted by Gasteiger charge is -2.19. The van der Waals surface area contributed by atoms with Gasteiger partial charge < -0.3 is 9.47 Å². The molecule has 1 saturated heterocycles. The van der Waals surface area contributed by atoms with Gasteiger partial charge in [0.1, 0.15) is 23.7 Å². The molecule has 0 amide bonds. The van der Waals surface area contributed by atoms with E-state index in [2.05, 4.69) is 52.9 Å². The van der Waals surface area contributed by atoms with Gasteiger partial charge in [0.05, 0.1) is 6.04 Å². The van der Waals surface area contributed by atoms with Crippen LogP contribution in [0, 0.1) is 0 Å². The van der Waals surface area contributed by atoms with E-state index in [1.165, 1.54) is 17.3 Å². The van der Waals surface area contributed by atoms with Gasteiger partial charge in [-0.25, -0.2) is 0 Å². The van der Waals surface area contributed by atoms with Gasteiger partial charge in [0.2, 0.25) is 0 Å². The maximum Gasteiger partial charge on any atom is 0.319 e. The number of nitrogens with zero attached hydrogens (tertiary/aromatic N) is 3. The summed E-state index contributed by atoms with van der Waals surface area (Å²) in [6, 6.07) is 18.3. The highest BCUT2D eigenvalue weighted by molar-refractivity contribution is 8.00. The van der Waals surface area contributed by atoms with Crippen LogP contribution < -0.4 is 4.74 Å². The standard InChI is InChI=1S/C24H27N3O3S/c1-4-18-10-12-20(13-11-18)29-15-22-25-26-24(31-21-14-16(2)30-23(21)28)27(22)17(3)19-8-6-5-7-9-19/h5-13,16-17,21H,4,14-15H2,1-3H3/t16-,17+,21-/m1/s1. The van der Waals surface area contributed by atoms with E-state index in [0.29, 0.717) is 18.2 Å². The summed E-state index contributed by atoms with van der Waals surface area (Å²) in [5.41, 5.74) is 2.41. The summed E-state index contributed by atoms with van der Waals surface area (Å²) in [5, 5.41) is 9.26. The molecule has 6 nitrogen and oxygen atoms in total. The molecule has 3 aromatic rings. The summed E-state index contributed by atoms with van der Waals surface area (Å²) in [6.07, 6.45) is 1.60. The van der Waals surface area contributed by atoms with Crippen LogP contribution in [0.4, 0.5) is 0 Å². The van der Waals surface area contributed by atoms with Gasteiger partial charge in [-0.1, -0.05) is 61.2 Å². The van der Waals surface area contributed by atoms with Crippen LogP contribution in [0.1, 0.15) is 50.2 Å². The molecule has 1 aromatic heterocycles. The summed E-state index contributed by atoms with van der Waals surface area (Å²) >= 11 is 1.42. The van der Waals surface area contributed by atoms with Crippen molar-refractivity contribution in [3.63, 3.8) is 0 Å². The van der Waals surface area contributed by atoms with Crippen LogP contribution in [-0.2, 0) is 22.6 Å². The van der Waals surface area contributed by atoms with E-state index in [0.717, 1.165) is 23.6 Å². The van der Waals surface area contributed by atoms with Crippen LogP contribution in [0.2, 0.25) is 0 Å². The monoisotopic (exact) mass is 437 g/mol. The van der Waals surface area contributed by atoms with Crippen LogP contribution >= 0.6 is 11.8 Å². The van der Waals surface area contributed by atoms with Crippen molar-refractivity contribution in [2.24, 2.45) is 0 Å². The fraction of sp³-hybridized carbons (Fsp3) is 0.375. The van der Waals surface area contributed by atoms with Crippen molar-refractivity contribution in [1.82, 2.24) is 14.8 Å². The Morgan fingerprint density at radius 1 is 1.16 bits per heavy atom. The van der Waals surface area contributed by atoms with Crippen molar-refractivity contribution in [2.45, 2.75) is 62.8 Å². The minimum absolute atomic E-state index is 0.00499. The van der Waals surface area contributed by atoms with Gasteiger partial charge in [-0.15, -0.1) is 10.2 Å². The molecular weight excluding hydrogens is 410 g/mol. The summed E-state index contributed by atoms with van der Waals surface area (Å²) in [5.74, 6) is 1.33. The lowest BCUT2D eigenvalue weighted by Crippen LogP contribution is -2.16. The lowest BCUT2D eigenvalue weighted by molar-refractivity contribution is -0.140. The number of hydrogen-bond acceptors (Lipinski definition) is 6. The second-order valence-electron chi connectivity index (χ2n) is 7.73. The molecule has 1 aliphatic heterocycles. The Bertz CT molecular complexity index is 1020. The molecule has 0 spiro atoms. The van der Waals surface area contributed by atoms with Gasteiger partial charge in [0.15, 0.2) is 11.0 Å². The number of aryl methyl sites for hydroxylation is 1. The van der Waals surface area contributed by atoms with Crippen LogP contribution in [-0.4, -0.2) is 32.1 Å². The topological polar surface area (TPSA) is 66.2 Å². The molecule has 2 aromatic carbocycles. The molecule has 4 rings (SSSR count). The summed E-state index contributed by atoms with van der Waals surface area (Å²) in [7, 11) is 0. The Morgan fingerprint density at radius 3 is 2.55 bits per heavy atom. The number of hydrogen-bond donors (Lipinski definition) is 0. The third kappa shape index (κ3) is 4.93. The highest BCUT2D eigenvalue weighted by atomic mass is 32.2. The van der Waals surface area contributed by atoms with E-state index in [9.17, 15) is 4.79 Å². The van der Waals surface area contributed by atoms with Crippen molar-refractivity contribution in [1.29, 1.82) is 0 Å². The summed E-state index contributed by atoms with van der Waals surface area (Å²) in [4.78, 5) is 12.2. The molecule has 0 saturated carbocycles. The summed E-state index contributed by atoms with van der Waals surface area (Å²) in [6.45, 7) is 6.45. The number of ether oxygens (including phenoxy) is 2. The number of cyclic esters (lactones) is 1. The highest BCUT2D eigenvalue weighted by Crippen LogP contribution is 2.34. The maximum absolute atomic E-state index is 12.2. The Kier molecular flexibility index (Phi) is 6.61. The van der Waals surface area contributed by atoms with Gasteiger partial charge >= 0.3 is 5.97 Å². The molecule has 7 heteroatoms. The molecule has 31 heavy (non-hydrogen) atoms. The largest absolute Gasteiger partial charge is 0.486 e. The molecule has 0 bridgehead atoms. The average molecular weight is 438 g/mol. The number of thioether (sulfide) groups is 1. The SMILES string of the molecule is CCc1ccc(OCc2nnc(S[C@@H]3C[C@@H](C)OC3=O)n2[C@@H](C)c2ccccc2)cc1. The van der Waals surface area contributed by atoms with E-state index in [-0.39, 0.29) is 23.4 Å². The second kappa shape index (κ2) is 9.56. The number of carbonyl (C=O) groups excluding carboxylic acids is 1. The van der Waals surface area contributed by atoms with Gasteiger partial charge in [0, 0.05) is 6.42 Å². The summed E-state index contributed by atoms with van der Waals surface area (Å²) < 4.78 is 13.4. The van der Waals surface area contributed by atoms with Gasteiger partial charge in [-0.2, -0.15) is 0 Å². The predicted octanol–water partition coefficient (Wildman–Crippen LogP) is 4.82. The van der Waals surface area contributed by atoms with E-state index in [4.69, 9.17) is 9.47 Å². The number of benzene rings is 2. The normalized spacial score (nSPS) is 19.3. The van der Waals surface area contributed by atoms with Crippen LogP contribution in [0.25, 0.3) is 0 Å². The van der Waals surface area contributed by atoms with Gasteiger partial charge in [-0.05, 0) is 43.5 Å². The number of carbonyl (C=O) groups is 1. The highest BCUT2D eigenvalue weighted by Gasteiger charge is 2.35. The fourth-order valence-electron chi connectivity index (χ4n) is 3.67. The number of esters is 1. The smallest absolute Gasteiger partial charge is 0.319 e. The Morgan fingerprint density at radius 2 is 1.90 bits per heavy atom. The Hall–Kier alpha value is -2.80. The molecule has 0 unspecified atom stereocenters. The third-order valence-electron chi connectivity index (χ3n) is 5.48. The van der Waals surface area contributed by atoms with E-state index >= 15 is 0 Å².